The number of carbonyl (C=O) groups is 2. The van der Waals surface area contributed by atoms with Crippen molar-refractivity contribution >= 4 is 28.9 Å². The van der Waals surface area contributed by atoms with Crippen LogP contribution in [0.4, 0.5) is 11.4 Å². The number of nitro benzene ring substituents is 1. The molecule has 1 saturated heterocycles. The smallest absolute Gasteiger partial charge is 0.269 e. The summed E-state index contributed by atoms with van der Waals surface area (Å²) < 4.78 is 5.17. The summed E-state index contributed by atoms with van der Waals surface area (Å²) in [5.41, 5.74) is 2.00. The van der Waals surface area contributed by atoms with Crippen molar-refractivity contribution in [2.75, 3.05) is 12.0 Å². The second kappa shape index (κ2) is 6.62. The molecule has 4 aliphatic rings. The van der Waals surface area contributed by atoms with Crippen molar-refractivity contribution in [2.45, 2.75) is 12.5 Å². The van der Waals surface area contributed by atoms with Crippen LogP contribution in [0.1, 0.15) is 12.0 Å². The van der Waals surface area contributed by atoms with Gasteiger partial charge in [0.2, 0.25) is 11.8 Å². The molecule has 2 aromatic rings. The lowest BCUT2D eigenvalue weighted by atomic mass is 9.71. The molecular formula is C23H19N3O6. The number of benzene rings is 2. The Labute approximate surface area is 182 Å². The Morgan fingerprint density at radius 3 is 2.28 bits per heavy atom. The molecule has 9 nitrogen and oxygen atoms in total. The normalized spacial score (nSPS) is 31.9. The summed E-state index contributed by atoms with van der Waals surface area (Å²) in [6, 6.07) is 13.1. The minimum Gasteiger partial charge on any atom is -0.497 e. The van der Waals surface area contributed by atoms with E-state index in [1.54, 1.807) is 43.5 Å². The molecule has 0 radical (unpaired) electrons. The molecule has 2 saturated carbocycles. The molecule has 6 rings (SSSR count). The lowest BCUT2D eigenvalue weighted by molar-refractivity contribution is -0.384. The van der Waals surface area contributed by atoms with Crippen molar-refractivity contribution < 1.29 is 24.1 Å². The Balaban J connectivity index is 1.30. The van der Waals surface area contributed by atoms with Crippen molar-refractivity contribution in [1.29, 1.82) is 0 Å². The summed E-state index contributed by atoms with van der Waals surface area (Å²) in [5.74, 6) is -0.729. The van der Waals surface area contributed by atoms with Crippen LogP contribution in [0.5, 0.6) is 5.75 Å². The third kappa shape index (κ3) is 2.41. The maximum absolute atomic E-state index is 13.4. The van der Waals surface area contributed by atoms with Crippen LogP contribution in [0.15, 0.2) is 53.7 Å². The Hall–Kier alpha value is -3.75. The lowest BCUT2D eigenvalue weighted by Crippen LogP contribution is -2.41. The Morgan fingerprint density at radius 1 is 1.00 bits per heavy atom. The fourth-order valence-electron chi connectivity index (χ4n) is 6.10. The van der Waals surface area contributed by atoms with Gasteiger partial charge in [0.25, 0.3) is 5.69 Å². The number of anilines is 1. The highest BCUT2D eigenvalue weighted by molar-refractivity contribution is 6.23. The number of nitrogens with zero attached hydrogens (tertiary/aromatic N) is 3. The number of nitro groups is 1. The number of hydrogen-bond donors (Lipinski definition) is 0. The highest BCUT2D eigenvalue weighted by Gasteiger charge is 2.70. The summed E-state index contributed by atoms with van der Waals surface area (Å²) in [7, 11) is 1.56. The third-order valence-corrected chi connectivity index (χ3v) is 7.40. The van der Waals surface area contributed by atoms with Gasteiger partial charge in [-0.1, -0.05) is 5.16 Å². The van der Waals surface area contributed by atoms with Gasteiger partial charge in [0.05, 0.1) is 35.3 Å². The first kappa shape index (κ1) is 19.0. The third-order valence-electron chi connectivity index (χ3n) is 7.40. The van der Waals surface area contributed by atoms with Gasteiger partial charge in [-0.05, 0) is 48.7 Å². The lowest BCUT2D eigenvalue weighted by Gasteiger charge is -2.29. The summed E-state index contributed by atoms with van der Waals surface area (Å²) in [6.07, 6.45) is 0.490. The molecule has 32 heavy (non-hydrogen) atoms. The molecule has 6 atom stereocenters. The number of oxime groups is 1. The van der Waals surface area contributed by atoms with E-state index in [1.165, 1.54) is 17.0 Å². The predicted octanol–water partition coefficient (Wildman–Crippen LogP) is 2.78. The number of amides is 2. The number of rotatable bonds is 4. The van der Waals surface area contributed by atoms with Crippen molar-refractivity contribution in [3.63, 3.8) is 0 Å². The average molecular weight is 433 g/mol. The van der Waals surface area contributed by atoms with E-state index in [1.807, 2.05) is 0 Å². The van der Waals surface area contributed by atoms with Gasteiger partial charge < -0.3 is 9.57 Å². The summed E-state index contributed by atoms with van der Waals surface area (Å²) in [4.78, 5) is 44.3. The number of fused-ring (bicyclic) bond motifs is 8. The second-order valence-electron chi connectivity index (χ2n) is 8.70. The van der Waals surface area contributed by atoms with Gasteiger partial charge in [-0.15, -0.1) is 0 Å². The molecule has 9 heteroatoms. The van der Waals surface area contributed by atoms with Crippen LogP contribution >= 0.6 is 0 Å². The summed E-state index contributed by atoms with van der Waals surface area (Å²) in [5, 5.41) is 15.2. The van der Waals surface area contributed by atoms with Crippen LogP contribution in [0, 0.1) is 39.7 Å². The number of hydrogen-bond acceptors (Lipinski definition) is 7. The molecule has 2 aliphatic carbocycles. The van der Waals surface area contributed by atoms with E-state index in [2.05, 4.69) is 5.16 Å². The standard InChI is InChI=1S/C23H19N3O6/c1-31-14-8-6-12(7-9-14)25-22(27)17-15-10-16(18(17)23(25)28)21-19(15)20(24-32-21)11-2-4-13(5-3-11)26(29)30/h2-9,15-19,21H,10H2,1H3/t15-,16-,17-,18-,19-,21+/m1/s1. The highest BCUT2D eigenvalue weighted by Crippen LogP contribution is 2.62. The topological polar surface area (TPSA) is 111 Å². The van der Waals surface area contributed by atoms with E-state index in [-0.39, 0.29) is 41.4 Å². The van der Waals surface area contributed by atoms with Crippen molar-refractivity contribution in [3.05, 3.63) is 64.2 Å². The van der Waals surface area contributed by atoms with Crippen LogP contribution in [0.25, 0.3) is 0 Å². The van der Waals surface area contributed by atoms with E-state index in [9.17, 15) is 19.7 Å². The van der Waals surface area contributed by atoms with Crippen molar-refractivity contribution in [2.24, 2.45) is 34.7 Å². The van der Waals surface area contributed by atoms with Crippen LogP contribution in [-0.4, -0.2) is 35.7 Å². The first-order chi connectivity index (χ1) is 15.5. The fourth-order valence-corrected chi connectivity index (χ4v) is 6.10. The monoisotopic (exact) mass is 433 g/mol. The summed E-state index contributed by atoms with van der Waals surface area (Å²) >= 11 is 0. The Bertz CT molecular complexity index is 1180. The largest absolute Gasteiger partial charge is 0.497 e. The quantitative estimate of drug-likeness (QED) is 0.416. The molecule has 162 valence electrons. The van der Waals surface area contributed by atoms with Crippen LogP contribution in [0.2, 0.25) is 0 Å². The van der Waals surface area contributed by atoms with Crippen LogP contribution in [-0.2, 0) is 14.4 Å². The maximum atomic E-state index is 13.4. The molecule has 2 heterocycles. The van der Waals surface area contributed by atoms with Gasteiger partial charge in [-0.25, -0.2) is 0 Å². The van der Waals surface area contributed by atoms with Crippen LogP contribution < -0.4 is 9.64 Å². The van der Waals surface area contributed by atoms with Crippen molar-refractivity contribution in [3.8, 4) is 5.75 Å². The maximum Gasteiger partial charge on any atom is 0.269 e. The zero-order valence-corrected chi connectivity index (χ0v) is 17.1. The molecule has 0 spiro atoms. The van der Waals surface area contributed by atoms with Gasteiger partial charge in [0, 0.05) is 29.5 Å². The Kier molecular flexibility index (Phi) is 3.93. The zero-order valence-electron chi connectivity index (χ0n) is 17.1. The van der Waals surface area contributed by atoms with Gasteiger partial charge in [0.15, 0.2) is 0 Å². The van der Waals surface area contributed by atoms with E-state index in [0.29, 0.717) is 17.1 Å². The highest BCUT2D eigenvalue weighted by atomic mass is 16.6. The van der Waals surface area contributed by atoms with E-state index in [0.717, 1.165) is 12.0 Å². The molecule has 0 aromatic heterocycles. The van der Waals surface area contributed by atoms with E-state index >= 15 is 0 Å². The number of methoxy groups -OCH3 is 1. The summed E-state index contributed by atoms with van der Waals surface area (Å²) in [6.45, 7) is 0. The van der Waals surface area contributed by atoms with Gasteiger partial charge >= 0.3 is 0 Å². The van der Waals surface area contributed by atoms with Crippen LogP contribution in [0.3, 0.4) is 0 Å². The second-order valence-corrected chi connectivity index (χ2v) is 8.70. The minimum absolute atomic E-state index is 0.00419. The van der Waals surface area contributed by atoms with Gasteiger partial charge in [0.1, 0.15) is 11.9 Å². The molecular weight excluding hydrogens is 414 g/mol. The molecule has 0 unspecified atom stereocenters. The number of non-ortho nitro benzene ring substituents is 1. The fraction of sp³-hybridized carbons (Fsp3) is 0.348. The molecule has 2 aromatic carbocycles. The molecule has 2 bridgehead atoms. The van der Waals surface area contributed by atoms with E-state index in [4.69, 9.17) is 9.57 Å². The average Bonchev–Trinajstić information content (AvgIpc) is 3.54. The predicted molar refractivity (Wildman–Crippen MR) is 112 cm³/mol. The number of imide groups is 1. The first-order valence-electron chi connectivity index (χ1n) is 10.5. The number of carbonyl (C=O) groups excluding carboxylic acids is 2. The first-order valence-corrected chi connectivity index (χ1v) is 10.5. The van der Waals surface area contributed by atoms with Gasteiger partial charge in [-0.2, -0.15) is 0 Å². The molecule has 0 N–H and O–H groups in total. The zero-order chi connectivity index (χ0) is 22.1. The van der Waals surface area contributed by atoms with Gasteiger partial charge in [-0.3, -0.25) is 24.6 Å². The molecule has 3 fully saturated rings. The minimum atomic E-state index is -0.446. The molecule has 2 aliphatic heterocycles. The number of ether oxygens (including phenoxy) is 1. The SMILES string of the molecule is COc1ccc(N2C(=O)[C@@H]3[C@H]4C[C@@H]([C@@H]5ON=C(c6ccc([N+](=O)[O-])cc6)[C@@H]45)[C@H]3C2=O)cc1. The van der Waals surface area contributed by atoms with Crippen molar-refractivity contribution in [1.82, 2.24) is 0 Å². The Morgan fingerprint density at radius 2 is 1.66 bits per heavy atom. The molecule has 2 amide bonds. The van der Waals surface area contributed by atoms with E-state index < -0.39 is 16.8 Å².